The van der Waals surface area contributed by atoms with E-state index in [2.05, 4.69) is 153 Å². The quantitative estimate of drug-likeness (QED) is 0.191. The lowest BCUT2D eigenvalue weighted by Crippen LogP contribution is -2.03. The zero-order valence-corrected chi connectivity index (χ0v) is 27.1. The first-order valence-corrected chi connectivity index (χ1v) is 17.1. The van der Waals surface area contributed by atoms with Gasteiger partial charge in [0.05, 0.1) is 44.2 Å². The first-order valence-electron chi connectivity index (χ1n) is 17.1. The van der Waals surface area contributed by atoms with Crippen molar-refractivity contribution >= 4 is 81.9 Å². The smallest absolute Gasteiger partial charge is 0.235 e. The van der Waals surface area contributed by atoms with Crippen LogP contribution in [-0.2, 0) is 0 Å². The fourth-order valence-electron chi connectivity index (χ4n) is 8.43. The number of benzene rings is 7. The summed E-state index contributed by atoms with van der Waals surface area (Å²) in [7, 11) is 0. The molecule has 6 nitrogen and oxygen atoms in total. The maximum atomic E-state index is 6.05. The lowest BCUT2D eigenvalue weighted by Gasteiger charge is -2.12. The monoisotopic (exact) mass is 651 g/mol. The number of oxazole rings is 1. The molecule has 0 atom stereocenters. The number of nitrogens with zero attached hydrogens (tertiary/aromatic N) is 5. The SMILES string of the molecule is c1cc(-c2ccc3c(c2)c2c4ocnc4cc4c5ccccc5n3c42)cc(-c2nc(-n3c4ccccc4c4ccccc43)nc3ccccc23)c1. The molecule has 12 aromatic rings. The maximum absolute atomic E-state index is 6.05. The second-order valence-electron chi connectivity index (χ2n) is 13.3. The van der Waals surface area contributed by atoms with Crippen LogP contribution < -0.4 is 0 Å². The zero-order chi connectivity index (χ0) is 33.2. The zero-order valence-electron chi connectivity index (χ0n) is 27.1. The minimum absolute atomic E-state index is 0.655. The average Bonchev–Trinajstić information content (AvgIpc) is 3.96. The Morgan fingerprint density at radius 2 is 1.10 bits per heavy atom. The Hall–Kier alpha value is -7.05. The molecule has 0 N–H and O–H groups in total. The summed E-state index contributed by atoms with van der Waals surface area (Å²) in [5.41, 5.74) is 12.4. The summed E-state index contributed by atoms with van der Waals surface area (Å²) in [4.78, 5) is 15.1. The Labute approximate surface area is 289 Å². The Kier molecular flexibility index (Phi) is 5.14. The van der Waals surface area contributed by atoms with Gasteiger partial charge in [-0.05, 0) is 59.7 Å². The summed E-state index contributed by atoms with van der Waals surface area (Å²) >= 11 is 0. The average molecular weight is 652 g/mol. The van der Waals surface area contributed by atoms with Gasteiger partial charge in [-0.2, -0.15) is 0 Å². The highest BCUT2D eigenvalue weighted by Gasteiger charge is 2.22. The van der Waals surface area contributed by atoms with Gasteiger partial charge in [0.25, 0.3) is 0 Å². The van der Waals surface area contributed by atoms with Gasteiger partial charge in [-0.1, -0.05) is 97.1 Å². The summed E-state index contributed by atoms with van der Waals surface area (Å²) < 4.78 is 10.6. The summed E-state index contributed by atoms with van der Waals surface area (Å²) in [5, 5.41) is 8.04. The Morgan fingerprint density at radius 3 is 1.90 bits per heavy atom. The number of aromatic nitrogens is 5. The van der Waals surface area contributed by atoms with Gasteiger partial charge >= 0.3 is 0 Å². The number of para-hydroxylation sites is 4. The van der Waals surface area contributed by atoms with Crippen molar-refractivity contribution in [3.63, 3.8) is 0 Å². The van der Waals surface area contributed by atoms with E-state index in [-0.39, 0.29) is 0 Å². The third kappa shape index (κ3) is 3.57. The van der Waals surface area contributed by atoms with E-state index in [1.165, 1.54) is 32.6 Å². The lowest BCUT2D eigenvalue weighted by atomic mass is 9.98. The van der Waals surface area contributed by atoms with Crippen LogP contribution in [0.2, 0.25) is 0 Å². The second kappa shape index (κ2) is 9.77. The van der Waals surface area contributed by atoms with Gasteiger partial charge in [0.2, 0.25) is 5.95 Å². The predicted molar refractivity (Wildman–Crippen MR) is 207 cm³/mol. The molecule has 0 aliphatic rings. The number of fused-ring (bicyclic) bond motifs is 12. The van der Waals surface area contributed by atoms with Crippen molar-refractivity contribution < 1.29 is 4.42 Å². The minimum Gasteiger partial charge on any atom is -0.443 e. The summed E-state index contributed by atoms with van der Waals surface area (Å²) in [6.45, 7) is 0. The Morgan fingerprint density at radius 1 is 0.451 bits per heavy atom. The first kappa shape index (κ1) is 26.9. The molecule has 236 valence electrons. The molecule has 12 rings (SSSR count). The van der Waals surface area contributed by atoms with Gasteiger partial charge in [0.15, 0.2) is 12.0 Å². The molecule has 0 saturated heterocycles. The van der Waals surface area contributed by atoms with Crippen LogP contribution in [0.5, 0.6) is 0 Å². The molecule has 0 aliphatic heterocycles. The van der Waals surface area contributed by atoms with Crippen molar-refractivity contribution in [2.45, 2.75) is 0 Å². The van der Waals surface area contributed by atoms with Crippen LogP contribution in [0.4, 0.5) is 0 Å². The van der Waals surface area contributed by atoms with E-state index >= 15 is 0 Å². The third-order valence-corrected chi connectivity index (χ3v) is 10.6. The van der Waals surface area contributed by atoms with Gasteiger partial charge in [-0.15, -0.1) is 0 Å². The van der Waals surface area contributed by atoms with Gasteiger partial charge in [-0.25, -0.2) is 15.0 Å². The number of hydrogen-bond donors (Lipinski definition) is 0. The van der Waals surface area contributed by atoms with Crippen molar-refractivity contribution in [1.29, 1.82) is 0 Å². The van der Waals surface area contributed by atoms with E-state index in [0.29, 0.717) is 5.95 Å². The topological polar surface area (TPSA) is 61.1 Å². The standard InChI is InChI=1S/C45H25N5O/c1-5-16-35-32(15-1)42(48-45(47-35)50-38-18-7-2-12-29(38)30-13-3-8-19-39(30)50)28-11-9-10-26(22-28)27-20-21-40-34(23-27)41-43-33(24-36-44(41)51-25-46-36)31-14-4-6-17-37(31)49(40)43/h1-25H. The van der Waals surface area contributed by atoms with E-state index in [1.54, 1.807) is 6.39 Å². The molecule has 6 heteroatoms. The maximum Gasteiger partial charge on any atom is 0.235 e. The fraction of sp³-hybridized carbons (Fsp3) is 0. The molecular weight excluding hydrogens is 627 g/mol. The molecule has 0 radical (unpaired) electrons. The van der Waals surface area contributed by atoms with Crippen molar-refractivity contribution in [2.24, 2.45) is 0 Å². The van der Waals surface area contributed by atoms with Crippen LogP contribution in [0, 0.1) is 0 Å². The van der Waals surface area contributed by atoms with Crippen molar-refractivity contribution in [1.82, 2.24) is 23.9 Å². The highest BCUT2D eigenvalue weighted by molar-refractivity contribution is 6.30. The highest BCUT2D eigenvalue weighted by Crippen LogP contribution is 2.44. The molecule has 0 aliphatic carbocycles. The lowest BCUT2D eigenvalue weighted by molar-refractivity contribution is 0.605. The van der Waals surface area contributed by atoms with Gasteiger partial charge in [0, 0.05) is 37.9 Å². The third-order valence-electron chi connectivity index (χ3n) is 10.6. The Balaban J connectivity index is 1.08. The molecule has 0 bridgehead atoms. The molecule has 0 saturated carbocycles. The number of rotatable bonds is 3. The molecule has 0 fully saturated rings. The highest BCUT2D eigenvalue weighted by atomic mass is 16.3. The summed E-state index contributed by atoms with van der Waals surface area (Å²) in [6.07, 6.45) is 1.55. The van der Waals surface area contributed by atoms with E-state index in [4.69, 9.17) is 14.4 Å². The van der Waals surface area contributed by atoms with Crippen molar-refractivity contribution in [3.8, 4) is 28.3 Å². The van der Waals surface area contributed by atoms with Gasteiger partial charge in [0.1, 0.15) is 5.52 Å². The van der Waals surface area contributed by atoms with Crippen LogP contribution >= 0.6 is 0 Å². The van der Waals surface area contributed by atoms with E-state index in [1.807, 2.05) is 6.07 Å². The fourth-order valence-corrected chi connectivity index (χ4v) is 8.43. The minimum atomic E-state index is 0.655. The molecule has 5 heterocycles. The van der Waals surface area contributed by atoms with E-state index < -0.39 is 0 Å². The van der Waals surface area contributed by atoms with E-state index in [0.717, 1.165) is 71.7 Å². The van der Waals surface area contributed by atoms with Crippen molar-refractivity contribution in [3.05, 3.63) is 152 Å². The number of hydrogen-bond acceptors (Lipinski definition) is 4. The molecule has 0 unspecified atom stereocenters. The molecule has 51 heavy (non-hydrogen) atoms. The molecule has 5 aromatic heterocycles. The molecule has 0 spiro atoms. The predicted octanol–water partition coefficient (Wildman–Crippen LogP) is 11.4. The van der Waals surface area contributed by atoms with Crippen LogP contribution in [0.3, 0.4) is 0 Å². The second-order valence-corrected chi connectivity index (χ2v) is 13.3. The van der Waals surface area contributed by atoms with Crippen LogP contribution in [-0.4, -0.2) is 23.9 Å². The van der Waals surface area contributed by atoms with Gasteiger partial charge in [-0.3, -0.25) is 4.57 Å². The summed E-state index contributed by atoms with van der Waals surface area (Å²) in [6, 6.07) is 51.5. The Bertz CT molecular complexity index is 3330. The van der Waals surface area contributed by atoms with Crippen LogP contribution in [0.25, 0.3) is 110 Å². The largest absolute Gasteiger partial charge is 0.443 e. The van der Waals surface area contributed by atoms with Gasteiger partial charge < -0.3 is 8.82 Å². The normalized spacial score (nSPS) is 12.3. The first-order chi connectivity index (χ1) is 25.3. The summed E-state index contributed by atoms with van der Waals surface area (Å²) in [5.74, 6) is 0.655. The van der Waals surface area contributed by atoms with Crippen LogP contribution in [0.1, 0.15) is 0 Å². The molecule has 0 amide bonds. The van der Waals surface area contributed by atoms with Crippen molar-refractivity contribution in [2.75, 3.05) is 0 Å². The van der Waals surface area contributed by atoms with Crippen LogP contribution in [0.15, 0.2) is 156 Å². The molecular formula is C45H25N5O. The molecule has 7 aromatic carbocycles. The van der Waals surface area contributed by atoms with E-state index in [9.17, 15) is 0 Å².